The summed E-state index contributed by atoms with van der Waals surface area (Å²) in [5.41, 5.74) is 3.75. The molecule has 0 fully saturated rings. The summed E-state index contributed by atoms with van der Waals surface area (Å²) in [6.45, 7) is 2.62. The fourth-order valence-electron chi connectivity index (χ4n) is 3.15. The molecule has 0 radical (unpaired) electrons. The highest BCUT2D eigenvalue weighted by molar-refractivity contribution is 6.21. The molecule has 0 unspecified atom stereocenters. The van der Waals surface area contributed by atoms with E-state index in [9.17, 15) is 9.59 Å². The Morgan fingerprint density at radius 1 is 0.750 bits per heavy atom. The van der Waals surface area contributed by atoms with Crippen molar-refractivity contribution in [2.24, 2.45) is 0 Å². The van der Waals surface area contributed by atoms with Gasteiger partial charge in [0.15, 0.2) is 0 Å². The molecule has 2 amide bonds. The predicted octanol–water partition coefficient (Wildman–Crippen LogP) is 4.39. The third-order valence-corrected chi connectivity index (χ3v) is 4.60. The monoisotopic (exact) mass is 321 g/mol. The second-order valence-electron chi connectivity index (χ2n) is 6.46. The zero-order valence-corrected chi connectivity index (χ0v) is 14.1. The van der Waals surface area contributed by atoms with Crippen LogP contribution in [-0.4, -0.2) is 23.3 Å². The van der Waals surface area contributed by atoms with E-state index >= 15 is 0 Å². The molecule has 1 aliphatic heterocycles. The van der Waals surface area contributed by atoms with Gasteiger partial charge in [0.25, 0.3) is 11.8 Å². The lowest BCUT2D eigenvalue weighted by Crippen LogP contribution is -2.30. The van der Waals surface area contributed by atoms with Gasteiger partial charge in [-0.2, -0.15) is 0 Å². The first-order chi connectivity index (χ1) is 11.7. The second kappa shape index (κ2) is 7.43. The molecule has 124 valence electrons. The summed E-state index contributed by atoms with van der Waals surface area (Å²) in [4.78, 5) is 25.9. The molecule has 2 aromatic carbocycles. The molecule has 0 spiro atoms. The summed E-state index contributed by atoms with van der Waals surface area (Å²) >= 11 is 0. The summed E-state index contributed by atoms with van der Waals surface area (Å²) in [6.07, 6.45) is 5.27. The second-order valence-corrected chi connectivity index (χ2v) is 6.46. The van der Waals surface area contributed by atoms with E-state index in [0.29, 0.717) is 17.7 Å². The highest BCUT2D eigenvalue weighted by atomic mass is 16.2. The number of carbonyl (C=O) groups is 2. The lowest BCUT2D eigenvalue weighted by Gasteiger charge is -2.13. The van der Waals surface area contributed by atoms with Crippen LogP contribution in [0.15, 0.2) is 48.5 Å². The molecule has 0 atom stereocenters. The standard InChI is InChI=1S/C21H23NO2/c1-16-11-13-17(14-12-16)8-4-2-3-7-15-22-20(23)18-9-5-6-10-19(18)21(22)24/h5-6,9-14H,2-4,7-8,15H2,1H3. The molecule has 1 aliphatic rings. The van der Waals surface area contributed by atoms with Crippen molar-refractivity contribution in [1.29, 1.82) is 0 Å². The van der Waals surface area contributed by atoms with Crippen molar-refractivity contribution in [3.63, 3.8) is 0 Å². The van der Waals surface area contributed by atoms with Gasteiger partial charge in [0.05, 0.1) is 11.1 Å². The molecule has 0 aliphatic carbocycles. The first kappa shape index (κ1) is 16.4. The Balaban J connectivity index is 1.39. The number of rotatable bonds is 7. The molecule has 0 saturated heterocycles. The Bertz CT molecular complexity index is 699. The smallest absolute Gasteiger partial charge is 0.261 e. The number of carbonyl (C=O) groups excluding carboxylic acids is 2. The van der Waals surface area contributed by atoms with Crippen LogP contribution in [0.1, 0.15) is 57.5 Å². The molecule has 0 bridgehead atoms. The zero-order valence-electron chi connectivity index (χ0n) is 14.1. The average Bonchev–Trinajstić information content (AvgIpc) is 2.84. The molecular weight excluding hydrogens is 298 g/mol. The van der Waals surface area contributed by atoms with Gasteiger partial charge in [-0.15, -0.1) is 0 Å². The first-order valence-electron chi connectivity index (χ1n) is 8.67. The molecular formula is C21H23NO2. The van der Waals surface area contributed by atoms with E-state index in [1.165, 1.54) is 16.0 Å². The van der Waals surface area contributed by atoms with Gasteiger partial charge in [-0.3, -0.25) is 14.5 Å². The van der Waals surface area contributed by atoms with Crippen molar-refractivity contribution in [2.45, 2.75) is 39.0 Å². The lowest BCUT2D eigenvalue weighted by atomic mass is 10.0. The van der Waals surface area contributed by atoms with Crippen LogP contribution < -0.4 is 0 Å². The van der Waals surface area contributed by atoms with E-state index < -0.39 is 0 Å². The SMILES string of the molecule is Cc1ccc(CCCCCCN2C(=O)c3ccccc3C2=O)cc1. The van der Waals surface area contributed by atoms with Gasteiger partial charge in [0.1, 0.15) is 0 Å². The summed E-state index contributed by atoms with van der Waals surface area (Å²) in [5, 5.41) is 0. The van der Waals surface area contributed by atoms with E-state index in [2.05, 4.69) is 31.2 Å². The lowest BCUT2D eigenvalue weighted by molar-refractivity contribution is 0.0651. The molecule has 0 saturated carbocycles. The van der Waals surface area contributed by atoms with Crippen LogP contribution in [-0.2, 0) is 6.42 Å². The third-order valence-electron chi connectivity index (χ3n) is 4.60. The van der Waals surface area contributed by atoms with E-state index in [4.69, 9.17) is 0 Å². The van der Waals surface area contributed by atoms with E-state index in [-0.39, 0.29) is 11.8 Å². The van der Waals surface area contributed by atoms with Gasteiger partial charge in [-0.25, -0.2) is 0 Å². The van der Waals surface area contributed by atoms with Gasteiger partial charge < -0.3 is 0 Å². The molecule has 2 aromatic rings. The fourth-order valence-corrected chi connectivity index (χ4v) is 3.15. The van der Waals surface area contributed by atoms with Crippen molar-refractivity contribution in [3.8, 4) is 0 Å². The van der Waals surface area contributed by atoms with Crippen LogP contribution in [0.3, 0.4) is 0 Å². The summed E-state index contributed by atoms with van der Waals surface area (Å²) < 4.78 is 0. The van der Waals surface area contributed by atoms with Crippen LogP contribution in [0.4, 0.5) is 0 Å². The number of amides is 2. The average molecular weight is 321 g/mol. The molecule has 3 rings (SSSR count). The maximum absolute atomic E-state index is 12.2. The minimum absolute atomic E-state index is 0.143. The molecule has 1 heterocycles. The topological polar surface area (TPSA) is 37.4 Å². The zero-order chi connectivity index (χ0) is 16.9. The normalized spacial score (nSPS) is 13.5. The highest BCUT2D eigenvalue weighted by Gasteiger charge is 2.34. The number of unbranched alkanes of at least 4 members (excludes halogenated alkanes) is 3. The maximum Gasteiger partial charge on any atom is 0.261 e. The number of hydrogen-bond acceptors (Lipinski definition) is 2. The summed E-state index contributed by atoms with van der Waals surface area (Å²) in [6, 6.07) is 15.8. The van der Waals surface area contributed by atoms with E-state index in [1.807, 2.05) is 0 Å². The molecule has 24 heavy (non-hydrogen) atoms. The Morgan fingerprint density at radius 2 is 1.33 bits per heavy atom. The number of aryl methyl sites for hydroxylation is 2. The van der Waals surface area contributed by atoms with Crippen molar-refractivity contribution >= 4 is 11.8 Å². The largest absolute Gasteiger partial charge is 0.274 e. The summed E-state index contributed by atoms with van der Waals surface area (Å²) in [5.74, 6) is -0.287. The Morgan fingerprint density at radius 3 is 1.96 bits per heavy atom. The Hall–Kier alpha value is -2.42. The van der Waals surface area contributed by atoms with E-state index in [0.717, 1.165) is 32.1 Å². The van der Waals surface area contributed by atoms with Crippen LogP contribution in [0.25, 0.3) is 0 Å². The number of nitrogens with zero attached hydrogens (tertiary/aromatic N) is 1. The minimum atomic E-state index is -0.143. The molecule has 0 N–H and O–H groups in total. The number of imide groups is 1. The number of fused-ring (bicyclic) bond motifs is 1. The van der Waals surface area contributed by atoms with Crippen molar-refractivity contribution in [3.05, 3.63) is 70.8 Å². The highest BCUT2D eigenvalue weighted by Crippen LogP contribution is 2.22. The quantitative estimate of drug-likeness (QED) is 0.560. The molecule has 0 aromatic heterocycles. The number of benzene rings is 2. The minimum Gasteiger partial charge on any atom is -0.274 e. The van der Waals surface area contributed by atoms with Crippen molar-refractivity contribution < 1.29 is 9.59 Å². The maximum atomic E-state index is 12.2. The molecule has 3 nitrogen and oxygen atoms in total. The van der Waals surface area contributed by atoms with E-state index in [1.54, 1.807) is 24.3 Å². The van der Waals surface area contributed by atoms with Crippen LogP contribution in [0.5, 0.6) is 0 Å². The van der Waals surface area contributed by atoms with Crippen LogP contribution in [0, 0.1) is 6.92 Å². The Labute approximate surface area is 143 Å². The van der Waals surface area contributed by atoms with Gasteiger partial charge in [-0.1, -0.05) is 54.8 Å². The van der Waals surface area contributed by atoms with Crippen molar-refractivity contribution in [2.75, 3.05) is 6.54 Å². The van der Waals surface area contributed by atoms with Gasteiger partial charge in [0, 0.05) is 6.54 Å². The molecule has 3 heteroatoms. The summed E-state index contributed by atoms with van der Waals surface area (Å²) in [7, 11) is 0. The van der Waals surface area contributed by atoms with Crippen LogP contribution >= 0.6 is 0 Å². The Kier molecular flexibility index (Phi) is 5.09. The first-order valence-corrected chi connectivity index (χ1v) is 8.67. The fraction of sp³-hybridized carbons (Fsp3) is 0.333. The number of hydrogen-bond donors (Lipinski definition) is 0. The van der Waals surface area contributed by atoms with Gasteiger partial charge in [-0.05, 0) is 43.9 Å². The predicted molar refractivity (Wildman–Crippen MR) is 95.2 cm³/mol. The van der Waals surface area contributed by atoms with Crippen LogP contribution in [0.2, 0.25) is 0 Å². The van der Waals surface area contributed by atoms with Crippen molar-refractivity contribution in [1.82, 2.24) is 4.90 Å². The third kappa shape index (κ3) is 3.56. The van der Waals surface area contributed by atoms with Gasteiger partial charge in [0.2, 0.25) is 0 Å². The van der Waals surface area contributed by atoms with Gasteiger partial charge >= 0.3 is 0 Å².